The van der Waals surface area contributed by atoms with E-state index in [9.17, 15) is 18.4 Å². The maximum absolute atomic E-state index is 13.8. The number of nitrogens with two attached hydrogens (primary N) is 1. The zero-order valence-electron chi connectivity index (χ0n) is 16.2. The van der Waals surface area contributed by atoms with Crippen molar-refractivity contribution in [2.45, 2.75) is 43.8 Å². The molecule has 0 saturated carbocycles. The summed E-state index contributed by atoms with van der Waals surface area (Å²) in [6.45, 7) is -0.0247. The second-order valence-electron chi connectivity index (χ2n) is 7.59. The number of amides is 2. The molecule has 30 heavy (non-hydrogen) atoms. The number of halogens is 2. The Kier molecular flexibility index (Phi) is 5.63. The monoisotopic (exact) mass is 416 g/mol. The molecule has 158 valence electrons. The molecule has 2 aliphatic heterocycles. The lowest BCUT2D eigenvalue weighted by atomic mass is 9.96. The Bertz CT molecular complexity index is 940. The van der Waals surface area contributed by atoms with Gasteiger partial charge in [-0.3, -0.25) is 9.59 Å². The van der Waals surface area contributed by atoms with Crippen LogP contribution in [0.1, 0.15) is 36.0 Å². The summed E-state index contributed by atoms with van der Waals surface area (Å²) >= 11 is 0. The molecule has 4 rings (SSSR count). The van der Waals surface area contributed by atoms with Gasteiger partial charge in [-0.25, -0.2) is 13.8 Å². The number of hydrogen-bond donors (Lipinski definition) is 2. The molecule has 1 aromatic heterocycles. The van der Waals surface area contributed by atoms with Crippen LogP contribution in [0.25, 0.3) is 0 Å². The molecule has 1 aromatic carbocycles. The smallest absolute Gasteiger partial charge is 0.257 e. The van der Waals surface area contributed by atoms with E-state index in [4.69, 9.17) is 10.5 Å². The standard InChI is InChI=1S/C21H22F2N4O3/c22-12-1-5-17(6-2-12)30-21-18(7-13(23)11-25-21)20(29)26-14-8-15-3-4-16(9-14)27(15)19(28)10-24/h1-2,5-7,11,14-16H,3-4,8-10,24H2,(H,26,29). The number of rotatable bonds is 5. The summed E-state index contributed by atoms with van der Waals surface area (Å²) in [7, 11) is 0. The van der Waals surface area contributed by atoms with Gasteiger partial charge >= 0.3 is 0 Å². The van der Waals surface area contributed by atoms with Crippen LogP contribution in [0.15, 0.2) is 36.5 Å². The molecule has 2 atom stereocenters. The van der Waals surface area contributed by atoms with Gasteiger partial charge in [0.15, 0.2) is 0 Å². The van der Waals surface area contributed by atoms with Crippen molar-refractivity contribution in [3.63, 3.8) is 0 Å². The molecular weight excluding hydrogens is 394 g/mol. The van der Waals surface area contributed by atoms with E-state index in [0.717, 1.165) is 25.1 Å². The van der Waals surface area contributed by atoms with Crippen LogP contribution in [0.2, 0.25) is 0 Å². The van der Waals surface area contributed by atoms with Crippen molar-refractivity contribution in [3.05, 3.63) is 53.7 Å². The Morgan fingerprint density at radius 2 is 1.80 bits per heavy atom. The summed E-state index contributed by atoms with van der Waals surface area (Å²) < 4.78 is 32.5. The van der Waals surface area contributed by atoms with Crippen molar-refractivity contribution in [1.82, 2.24) is 15.2 Å². The number of fused-ring (bicyclic) bond motifs is 2. The number of carbonyl (C=O) groups excluding carboxylic acids is 2. The second kappa shape index (κ2) is 8.35. The number of ether oxygens (including phenoxy) is 1. The molecule has 2 aromatic rings. The number of hydrogen-bond acceptors (Lipinski definition) is 5. The lowest BCUT2D eigenvalue weighted by molar-refractivity contribution is -0.134. The van der Waals surface area contributed by atoms with Gasteiger partial charge in [0.05, 0.1) is 12.7 Å². The number of aromatic nitrogens is 1. The van der Waals surface area contributed by atoms with Crippen molar-refractivity contribution in [3.8, 4) is 11.6 Å². The fraction of sp³-hybridized carbons (Fsp3) is 0.381. The third-order valence-electron chi connectivity index (χ3n) is 5.62. The number of nitrogens with zero attached hydrogens (tertiary/aromatic N) is 2. The van der Waals surface area contributed by atoms with Gasteiger partial charge in [0.1, 0.15) is 22.9 Å². The molecule has 3 heterocycles. The Hall–Kier alpha value is -3.07. The van der Waals surface area contributed by atoms with E-state index in [2.05, 4.69) is 10.3 Å². The first-order chi connectivity index (χ1) is 14.4. The molecule has 0 radical (unpaired) electrons. The van der Waals surface area contributed by atoms with Gasteiger partial charge in [-0.2, -0.15) is 0 Å². The quantitative estimate of drug-likeness (QED) is 0.780. The van der Waals surface area contributed by atoms with Crippen LogP contribution in [0, 0.1) is 11.6 Å². The van der Waals surface area contributed by atoms with Crippen molar-refractivity contribution in [1.29, 1.82) is 0 Å². The maximum atomic E-state index is 13.8. The Balaban J connectivity index is 1.48. The van der Waals surface area contributed by atoms with E-state index in [1.54, 1.807) is 0 Å². The molecule has 3 N–H and O–H groups in total. The van der Waals surface area contributed by atoms with Crippen molar-refractivity contribution in [2.75, 3.05) is 6.54 Å². The average Bonchev–Trinajstić information content (AvgIpc) is 3.00. The fourth-order valence-electron chi connectivity index (χ4n) is 4.36. The summed E-state index contributed by atoms with van der Waals surface area (Å²) in [6, 6.07) is 6.21. The van der Waals surface area contributed by atoms with Gasteiger partial charge in [0.25, 0.3) is 5.91 Å². The predicted molar refractivity (Wildman–Crippen MR) is 104 cm³/mol. The molecular formula is C21H22F2N4O3. The SMILES string of the molecule is NCC(=O)N1C2CCC1CC(NC(=O)c1cc(F)cnc1Oc1ccc(F)cc1)C2. The van der Waals surface area contributed by atoms with Crippen LogP contribution >= 0.6 is 0 Å². The summed E-state index contributed by atoms with van der Waals surface area (Å²) in [4.78, 5) is 30.7. The first-order valence-corrected chi connectivity index (χ1v) is 9.85. The fourth-order valence-corrected chi connectivity index (χ4v) is 4.36. The van der Waals surface area contributed by atoms with Crippen molar-refractivity contribution < 1.29 is 23.1 Å². The molecule has 0 spiro atoms. The first kappa shape index (κ1) is 20.2. The number of benzene rings is 1. The average molecular weight is 416 g/mol. The van der Waals surface area contributed by atoms with Crippen LogP contribution in [0.3, 0.4) is 0 Å². The minimum absolute atomic E-state index is 0.0247. The van der Waals surface area contributed by atoms with E-state index in [1.165, 1.54) is 24.3 Å². The first-order valence-electron chi connectivity index (χ1n) is 9.85. The van der Waals surface area contributed by atoms with Crippen LogP contribution in [0.4, 0.5) is 8.78 Å². The van der Waals surface area contributed by atoms with E-state index in [-0.39, 0.29) is 47.8 Å². The highest BCUT2D eigenvalue weighted by atomic mass is 19.1. The highest BCUT2D eigenvalue weighted by molar-refractivity contribution is 5.96. The Morgan fingerprint density at radius 1 is 1.13 bits per heavy atom. The second-order valence-corrected chi connectivity index (χ2v) is 7.59. The minimum atomic E-state index is -0.671. The molecule has 7 nitrogen and oxygen atoms in total. The number of nitrogens with one attached hydrogen (secondary N) is 1. The van der Waals surface area contributed by atoms with E-state index in [0.29, 0.717) is 12.8 Å². The number of carbonyl (C=O) groups is 2. The molecule has 2 saturated heterocycles. The molecule has 2 fully saturated rings. The highest BCUT2D eigenvalue weighted by Gasteiger charge is 2.43. The predicted octanol–water partition coefficient (Wildman–Crippen LogP) is 2.36. The molecule has 0 aliphatic carbocycles. The van der Waals surface area contributed by atoms with Gasteiger partial charge < -0.3 is 20.7 Å². The van der Waals surface area contributed by atoms with Gasteiger partial charge in [-0.15, -0.1) is 0 Å². The Labute approximate surface area is 172 Å². The van der Waals surface area contributed by atoms with Crippen LogP contribution in [-0.4, -0.2) is 46.4 Å². The summed E-state index contributed by atoms with van der Waals surface area (Å²) in [5.74, 6) is -1.48. The molecule has 2 bridgehead atoms. The largest absolute Gasteiger partial charge is 0.438 e. The van der Waals surface area contributed by atoms with Gasteiger partial charge in [-0.05, 0) is 56.0 Å². The normalized spacial score (nSPS) is 22.6. The van der Waals surface area contributed by atoms with E-state index >= 15 is 0 Å². The maximum Gasteiger partial charge on any atom is 0.257 e. The molecule has 2 unspecified atom stereocenters. The van der Waals surface area contributed by atoms with Gasteiger partial charge in [-0.1, -0.05) is 0 Å². The zero-order chi connectivity index (χ0) is 21.3. The van der Waals surface area contributed by atoms with Crippen LogP contribution in [-0.2, 0) is 4.79 Å². The van der Waals surface area contributed by atoms with E-state index < -0.39 is 17.5 Å². The third kappa shape index (κ3) is 4.11. The van der Waals surface area contributed by atoms with Crippen molar-refractivity contribution >= 4 is 11.8 Å². The number of pyridine rings is 1. The van der Waals surface area contributed by atoms with Gasteiger partial charge in [0, 0.05) is 18.1 Å². The summed E-state index contributed by atoms with van der Waals surface area (Å²) in [6.07, 6.45) is 3.94. The summed E-state index contributed by atoms with van der Waals surface area (Å²) in [5.41, 5.74) is 5.46. The van der Waals surface area contributed by atoms with Gasteiger partial charge in [0.2, 0.25) is 11.8 Å². The van der Waals surface area contributed by atoms with E-state index in [1.807, 2.05) is 4.90 Å². The van der Waals surface area contributed by atoms with Crippen molar-refractivity contribution in [2.24, 2.45) is 5.73 Å². The zero-order valence-corrected chi connectivity index (χ0v) is 16.2. The summed E-state index contributed by atoms with van der Waals surface area (Å²) in [5, 5.41) is 2.92. The lowest BCUT2D eigenvalue weighted by Crippen LogP contribution is -2.53. The minimum Gasteiger partial charge on any atom is -0.438 e. The highest BCUT2D eigenvalue weighted by Crippen LogP contribution is 2.36. The molecule has 9 heteroatoms. The Morgan fingerprint density at radius 3 is 2.43 bits per heavy atom. The third-order valence-corrected chi connectivity index (χ3v) is 5.62. The lowest BCUT2D eigenvalue weighted by Gasteiger charge is -2.39. The molecule has 2 amide bonds. The van der Waals surface area contributed by atoms with Crippen LogP contribution < -0.4 is 15.8 Å². The number of piperidine rings is 1. The van der Waals surface area contributed by atoms with Crippen LogP contribution in [0.5, 0.6) is 11.6 Å². The topological polar surface area (TPSA) is 97.6 Å². The molecule has 2 aliphatic rings.